The topological polar surface area (TPSA) is 29.1 Å². The molecule has 90 valence electrons. The van der Waals surface area contributed by atoms with E-state index in [1.165, 1.54) is 5.56 Å². The first-order chi connectivity index (χ1) is 7.50. The molecule has 0 bridgehead atoms. The summed E-state index contributed by atoms with van der Waals surface area (Å²) < 4.78 is 12.0. The molecule has 0 saturated carbocycles. The highest BCUT2D eigenvalue weighted by Crippen LogP contribution is 2.14. The van der Waals surface area contributed by atoms with Gasteiger partial charge in [0.15, 0.2) is 0 Å². The van der Waals surface area contributed by atoms with Crippen LogP contribution in [0.25, 0.3) is 0 Å². The van der Waals surface area contributed by atoms with Crippen LogP contribution in [0.2, 0.25) is 0 Å². The number of nitrogens with one attached hydrogen (secondary N) is 1. The molecule has 0 saturated heterocycles. The molecule has 0 aliphatic heterocycles. The van der Waals surface area contributed by atoms with Gasteiger partial charge in [-0.2, -0.15) is 0 Å². The molecule has 0 aliphatic carbocycles. The van der Waals surface area contributed by atoms with Crippen molar-refractivity contribution in [1.82, 2.24) is 5.32 Å². The number of hydrogen-bond donors (Lipinski definition) is 1. The van der Waals surface area contributed by atoms with Crippen LogP contribution < -0.4 is 5.32 Å². The van der Waals surface area contributed by atoms with Gasteiger partial charge in [-0.05, 0) is 25.5 Å². The molecular formula is C13H21NOS. The Hall–Kier alpha value is -0.670. The fourth-order valence-corrected chi connectivity index (χ4v) is 2.77. The minimum atomic E-state index is -0.882. The van der Waals surface area contributed by atoms with Crippen molar-refractivity contribution in [3.05, 3.63) is 29.3 Å². The SMILES string of the molecule is Cc1ccc(S(=O)CCNC(C)C)c(C)c1. The van der Waals surface area contributed by atoms with Crippen LogP contribution in [0.5, 0.6) is 0 Å². The number of benzene rings is 1. The average Bonchev–Trinajstić information content (AvgIpc) is 2.16. The maximum absolute atomic E-state index is 12.0. The molecule has 0 radical (unpaired) electrons. The van der Waals surface area contributed by atoms with Gasteiger partial charge in [-0.3, -0.25) is 4.21 Å². The van der Waals surface area contributed by atoms with E-state index in [2.05, 4.69) is 32.2 Å². The van der Waals surface area contributed by atoms with Gasteiger partial charge in [-0.25, -0.2) is 0 Å². The molecule has 0 fully saturated rings. The normalized spacial score (nSPS) is 13.1. The van der Waals surface area contributed by atoms with Crippen molar-refractivity contribution >= 4 is 10.8 Å². The highest BCUT2D eigenvalue weighted by atomic mass is 32.2. The minimum absolute atomic E-state index is 0.455. The Labute approximate surface area is 101 Å². The molecule has 0 aliphatic rings. The third-order valence-corrected chi connectivity index (χ3v) is 3.94. The van der Waals surface area contributed by atoms with Gasteiger partial charge in [0.05, 0.1) is 10.8 Å². The summed E-state index contributed by atoms with van der Waals surface area (Å²) in [5.74, 6) is 0.683. The Kier molecular flexibility index (Phi) is 5.16. The molecule has 0 heterocycles. The predicted molar refractivity (Wildman–Crippen MR) is 70.3 cm³/mol. The highest BCUT2D eigenvalue weighted by Gasteiger charge is 2.07. The van der Waals surface area contributed by atoms with Gasteiger partial charge in [-0.15, -0.1) is 0 Å². The Morgan fingerprint density at radius 2 is 2.00 bits per heavy atom. The third-order valence-electron chi connectivity index (χ3n) is 2.42. The van der Waals surface area contributed by atoms with Gasteiger partial charge in [0.1, 0.15) is 0 Å². The number of hydrogen-bond acceptors (Lipinski definition) is 2. The second-order valence-corrected chi connectivity index (χ2v) is 5.97. The zero-order valence-corrected chi connectivity index (χ0v) is 11.4. The second kappa shape index (κ2) is 6.16. The minimum Gasteiger partial charge on any atom is -0.314 e. The van der Waals surface area contributed by atoms with E-state index in [9.17, 15) is 4.21 Å². The van der Waals surface area contributed by atoms with E-state index >= 15 is 0 Å². The Morgan fingerprint density at radius 1 is 1.31 bits per heavy atom. The lowest BCUT2D eigenvalue weighted by atomic mass is 10.2. The van der Waals surface area contributed by atoms with E-state index in [0.29, 0.717) is 11.8 Å². The van der Waals surface area contributed by atoms with Crippen LogP contribution in [-0.2, 0) is 10.8 Å². The van der Waals surface area contributed by atoms with E-state index in [-0.39, 0.29) is 0 Å². The lowest BCUT2D eigenvalue weighted by Crippen LogP contribution is -2.27. The van der Waals surface area contributed by atoms with Gasteiger partial charge in [-0.1, -0.05) is 31.5 Å². The summed E-state index contributed by atoms with van der Waals surface area (Å²) in [6, 6.07) is 6.55. The summed E-state index contributed by atoms with van der Waals surface area (Å²) in [5.41, 5.74) is 2.35. The van der Waals surface area contributed by atoms with Crippen molar-refractivity contribution in [2.24, 2.45) is 0 Å². The molecule has 2 nitrogen and oxygen atoms in total. The molecule has 0 amide bonds. The van der Waals surface area contributed by atoms with Crippen LogP contribution in [0.3, 0.4) is 0 Å². The first-order valence-electron chi connectivity index (χ1n) is 5.69. The lowest BCUT2D eigenvalue weighted by Gasteiger charge is -2.09. The number of rotatable bonds is 5. The molecule has 1 atom stereocenters. The first kappa shape index (κ1) is 13.4. The van der Waals surface area contributed by atoms with Crippen LogP contribution in [0.1, 0.15) is 25.0 Å². The van der Waals surface area contributed by atoms with E-state index in [0.717, 1.165) is 17.0 Å². The maximum atomic E-state index is 12.0. The molecule has 1 unspecified atom stereocenters. The quantitative estimate of drug-likeness (QED) is 0.855. The molecule has 0 aromatic heterocycles. The van der Waals surface area contributed by atoms with Crippen molar-refractivity contribution in [2.75, 3.05) is 12.3 Å². The van der Waals surface area contributed by atoms with Crippen molar-refractivity contribution in [2.45, 2.75) is 38.6 Å². The average molecular weight is 239 g/mol. The smallest absolute Gasteiger partial charge is 0.0545 e. The van der Waals surface area contributed by atoms with Crippen molar-refractivity contribution < 1.29 is 4.21 Å². The van der Waals surface area contributed by atoms with Crippen molar-refractivity contribution in [1.29, 1.82) is 0 Å². The van der Waals surface area contributed by atoms with Crippen LogP contribution in [0, 0.1) is 13.8 Å². The number of aryl methyl sites for hydroxylation is 2. The molecule has 1 rings (SSSR count). The molecule has 1 aromatic carbocycles. The van der Waals surface area contributed by atoms with Gasteiger partial charge in [0.25, 0.3) is 0 Å². The zero-order chi connectivity index (χ0) is 12.1. The fraction of sp³-hybridized carbons (Fsp3) is 0.538. The molecule has 3 heteroatoms. The van der Waals surface area contributed by atoms with Gasteiger partial charge >= 0.3 is 0 Å². The monoisotopic (exact) mass is 239 g/mol. The van der Waals surface area contributed by atoms with Crippen LogP contribution in [0.4, 0.5) is 0 Å². The standard InChI is InChI=1S/C13H21NOS/c1-10(2)14-7-8-16(15)13-6-5-11(3)9-12(13)4/h5-6,9-10,14H,7-8H2,1-4H3. The van der Waals surface area contributed by atoms with E-state index in [1.54, 1.807) is 0 Å². The molecule has 1 N–H and O–H groups in total. The molecule has 16 heavy (non-hydrogen) atoms. The molecular weight excluding hydrogens is 218 g/mol. The third kappa shape index (κ3) is 4.06. The highest BCUT2D eigenvalue weighted by molar-refractivity contribution is 7.85. The summed E-state index contributed by atoms with van der Waals surface area (Å²) in [6.07, 6.45) is 0. The maximum Gasteiger partial charge on any atom is 0.0545 e. The van der Waals surface area contributed by atoms with Gasteiger partial charge in [0.2, 0.25) is 0 Å². The Balaban J connectivity index is 2.59. The second-order valence-electron chi connectivity index (χ2n) is 4.43. The fourth-order valence-electron chi connectivity index (χ4n) is 1.61. The van der Waals surface area contributed by atoms with E-state index in [1.807, 2.05) is 19.1 Å². The van der Waals surface area contributed by atoms with Crippen LogP contribution in [-0.4, -0.2) is 22.5 Å². The van der Waals surface area contributed by atoms with E-state index in [4.69, 9.17) is 0 Å². The molecule has 1 aromatic rings. The van der Waals surface area contributed by atoms with Crippen molar-refractivity contribution in [3.63, 3.8) is 0 Å². The summed E-state index contributed by atoms with van der Waals surface area (Å²) in [4.78, 5) is 0.969. The lowest BCUT2D eigenvalue weighted by molar-refractivity contribution is 0.610. The predicted octanol–water partition coefficient (Wildman–Crippen LogP) is 2.41. The van der Waals surface area contributed by atoms with E-state index < -0.39 is 10.8 Å². The summed E-state index contributed by atoms with van der Waals surface area (Å²) in [7, 11) is -0.882. The summed E-state index contributed by atoms with van der Waals surface area (Å²) >= 11 is 0. The largest absolute Gasteiger partial charge is 0.314 e. The van der Waals surface area contributed by atoms with Crippen molar-refractivity contribution in [3.8, 4) is 0 Å². The summed E-state index contributed by atoms with van der Waals surface area (Å²) in [5, 5.41) is 3.28. The zero-order valence-electron chi connectivity index (χ0n) is 10.5. The van der Waals surface area contributed by atoms with Crippen LogP contribution >= 0.6 is 0 Å². The Bertz CT molecular complexity index is 374. The molecule has 0 spiro atoms. The van der Waals surface area contributed by atoms with Gasteiger partial charge < -0.3 is 5.32 Å². The Morgan fingerprint density at radius 3 is 2.56 bits per heavy atom. The van der Waals surface area contributed by atoms with Crippen LogP contribution in [0.15, 0.2) is 23.1 Å². The summed E-state index contributed by atoms with van der Waals surface area (Å²) in [6.45, 7) is 9.08. The first-order valence-corrected chi connectivity index (χ1v) is 7.01. The van der Waals surface area contributed by atoms with Gasteiger partial charge in [0, 0.05) is 23.2 Å².